The van der Waals surface area contributed by atoms with Gasteiger partial charge in [-0.3, -0.25) is 4.79 Å². The molecular weight excluding hydrogens is 364 g/mol. The van der Waals surface area contributed by atoms with Crippen LogP contribution in [0.1, 0.15) is 33.6 Å². The predicted octanol–water partition coefficient (Wildman–Crippen LogP) is 2.55. The molecule has 1 aliphatic heterocycles. The Morgan fingerprint density at radius 1 is 1.30 bits per heavy atom. The van der Waals surface area contributed by atoms with E-state index in [1.54, 1.807) is 24.3 Å². The molecule has 1 aromatic rings. The maximum Gasteiger partial charge on any atom is 0.221 e. The highest BCUT2D eigenvalue weighted by Crippen LogP contribution is 2.54. The van der Waals surface area contributed by atoms with Gasteiger partial charge in [-0.1, -0.05) is 13.8 Å². The van der Waals surface area contributed by atoms with Gasteiger partial charge < -0.3 is 15.0 Å². The van der Waals surface area contributed by atoms with Gasteiger partial charge in [0.05, 0.1) is 16.8 Å². The Morgan fingerprint density at radius 2 is 1.96 bits per heavy atom. The first-order valence-corrected chi connectivity index (χ1v) is 11.2. The summed E-state index contributed by atoms with van der Waals surface area (Å²) in [5.74, 6) is 0.513. The standard InChI is InChI=1S/C20H30N2O4S/c1-14(23)21-15-6-8-16(9-7-15)27(24,25)13-5-11-22(4)18-17-10-12-26-19(17)20(18,2)3/h6-9,17-19H,5,10-13H2,1-4H3,(H,21,23)/t17-,18+,19-/m0/s1. The molecule has 2 aliphatic rings. The van der Waals surface area contributed by atoms with Crippen LogP contribution in [0.25, 0.3) is 0 Å². The van der Waals surface area contributed by atoms with Crippen molar-refractivity contribution in [2.24, 2.45) is 11.3 Å². The zero-order valence-corrected chi connectivity index (χ0v) is 17.4. The first-order chi connectivity index (χ1) is 12.6. The Kier molecular flexibility index (Phi) is 5.66. The van der Waals surface area contributed by atoms with E-state index in [4.69, 9.17) is 4.74 Å². The molecule has 1 aromatic carbocycles. The maximum atomic E-state index is 12.6. The first kappa shape index (κ1) is 20.3. The van der Waals surface area contributed by atoms with Crippen molar-refractivity contribution in [1.82, 2.24) is 4.90 Å². The van der Waals surface area contributed by atoms with Crippen molar-refractivity contribution in [2.45, 2.75) is 50.7 Å². The molecule has 3 atom stereocenters. The van der Waals surface area contributed by atoms with Gasteiger partial charge in [-0.05, 0) is 50.7 Å². The minimum Gasteiger partial charge on any atom is -0.377 e. The summed E-state index contributed by atoms with van der Waals surface area (Å²) >= 11 is 0. The SMILES string of the molecule is CC(=O)Nc1ccc(S(=O)(=O)CCCN(C)[C@@H]2[C@@H]3CCO[C@@H]3C2(C)C)cc1. The van der Waals surface area contributed by atoms with Gasteiger partial charge in [0.15, 0.2) is 9.84 Å². The number of hydrogen-bond donors (Lipinski definition) is 1. The van der Waals surface area contributed by atoms with Gasteiger partial charge in [-0.2, -0.15) is 0 Å². The quantitative estimate of drug-likeness (QED) is 0.769. The van der Waals surface area contributed by atoms with Gasteiger partial charge in [0.2, 0.25) is 5.91 Å². The molecule has 6 nitrogen and oxygen atoms in total. The Morgan fingerprint density at radius 3 is 2.59 bits per heavy atom. The van der Waals surface area contributed by atoms with Gasteiger partial charge in [0.25, 0.3) is 0 Å². The van der Waals surface area contributed by atoms with Gasteiger partial charge >= 0.3 is 0 Å². The van der Waals surface area contributed by atoms with Crippen molar-refractivity contribution in [3.63, 3.8) is 0 Å². The number of hydrogen-bond acceptors (Lipinski definition) is 5. The van der Waals surface area contributed by atoms with E-state index >= 15 is 0 Å². The fraction of sp³-hybridized carbons (Fsp3) is 0.650. The number of nitrogens with zero attached hydrogens (tertiary/aromatic N) is 1. The lowest BCUT2D eigenvalue weighted by molar-refractivity contribution is -0.149. The molecule has 7 heteroatoms. The van der Waals surface area contributed by atoms with Crippen LogP contribution >= 0.6 is 0 Å². The van der Waals surface area contributed by atoms with Crippen LogP contribution in [0.4, 0.5) is 5.69 Å². The van der Waals surface area contributed by atoms with Crippen LogP contribution in [0.2, 0.25) is 0 Å². The molecule has 1 amide bonds. The van der Waals surface area contributed by atoms with Crippen LogP contribution in [-0.2, 0) is 19.4 Å². The van der Waals surface area contributed by atoms with E-state index in [1.807, 2.05) is 0 Å². The Balaban J connectivity index is 1.54. The molecule has 0 unspecified atom stereocenters. The molecule has 1 saturated carbocycles. The number of benzene rings is 1. The number of anilines is 1. The van der Waals surface area contributed by atoms with Crippen LogP contribution in [0, 0.1) is 11.3 Å². The average molecular weight is 395 g/mol. The lowest BCUT2D eigenvalue weighted by Gasteiger charge is -2.58. The molecule has 150 valence electrons. The number of carbonyl (C=O) groups excluding carboxylic acids is 1. The number of amides is 1. The predicted molar refractivity (Wildman–Crippen MR) is 105 cm³/mol. The number of sulfone groups is 1. The third-order valence-electron chi connectivity index (χ3n) is 5.97. The largest absolute Gasteiger partial charge is 0.377 e. The zero-order valence-electron chi connectivity index (χ0n) is 16.6. The molecular formula is C20H30N2O4S. The van der Waals surface area contributed by atoms with E-state index in [1.165, 1.54) is 6.92 Å². The summed E-state index contributed by atoms with van der Waals surface area (Å²) in [4.78, 5) is 13.7. The van der Waals surface area contributed by atoms with Crippen LogP contribution in [0.5, 0.6) is 0 Å². The van der Waals surface area contributed by atoms with E-state index in [0.717, 1.165) is 19.6 Å². The molecule has 0 spiro atoms. The summed E-state index contributed by atoms with van der Waals surface area (Å²) in [6.45, 7) is 7.50. The molecule has 1 aliphatic carbocycles. The normalized spacial score (nSPS) is 26.5. The van der Waals surface area contributed by atoms with Crippen LogP contribution in [-0.4, -0.2) is 57.3 Å². The van der Waals surface area contributed by atoms with Crippen LogP contribution in [0.3, 0.4) is 0 Å². The maximum absolute atomic E-state index is 12.6. The lowest BCUT2D eigenvalue weighted by Crippen LogP contribution is -2.66. The molecule has 1 N–H and O–H groups in total. The Labute approximate surface area is 162 Å². The Hall–Kier alpha value is -1.44. The molecule has 1 heterocycles. The van der Waals surface area contributed by atoms with Gasteiger partial charge in [-0.15, -0.1) is 0 Å². The molecule has 2 fully saturated rings. The van der Waals surface area contributed by atoms with E-state index < -0.39 is 9.84 Å². The summed E-state index contributed by atoms with van der Waals surface area (Å²) in [6, 6.07) is 6.80. The second-order valence-corrected chi connectivity index (χ2v) is 10.5. The summed E-state index contributed by atoms with van der Waals surface area (Å²) in [5.41, 5.74) is 0.718. The third kappa shape index (κ3) is 4.05. The summed E-state index contributed by atoms with van der Waals surface area (Å²) < 4.78 is 31.0. The summed E-state index contributed by atoms with van der Waals surface area (Å²) in [5, 5.41) is 2.64. The Bertz CT molecular complexity index is 789. The van der Waals surface area contributed by atoms with Gasteiger partial charge in [0, 0.05) is 36.6 Å². The highest BCUT2D eigenvalue weighted by atomic mass is 32.2. The number of ether oxygens (including phenoxy) is 1. The lowest BCUT2D eigenvalue weighted by atomic mass is 9.57. The van der Waals surface area contributed by atoms with Crippen molar-refractivity contribution < 1.29 is 17.9 Å². The molecule has 0 aromatic heterocycles. The van der Waals surface area contributed by atoms with Crippen molar-refractivity contribution in [3.8, 4) is 0 Å². The summed E-state index contributed by atoms with van der Waals surface area (Å²) in [7, 11) is -1.23. The zero-order chi connectivity index (χ0) is 19.8. The second kappa shape index (κ2) is 7.53. The van der Waals surface area contributed by atoms with Gasteiger partial charge in [-0.25, -0.2) is 8.42 Å². The fourth-order valence-electron chi connectivity index (χ4n) is 4.90. The van der Waals surface area contributed by atoms with E-state index in [-0.39, 0.29) is 17.1 Å². The molecule has 1 saturated heterocycles. The number of nitrogens with one attached hydrogen (secondary N) is 1. The first-order valence-electron chi connectivity index (χ1n) is 9.55. The molecule has 27 heavy (non-hydrogen) atoms. The molecule has 0 radical (unpaired) electrons. The third-order valence-corrected chi connectivity index (χ3v) is 7.79. The minimum absolute atomic E-state index is 0.119. The number of rotatable bonds is 7. The second-order valence-electron chi connectivity index (χ2n) is 8.37. The highest BCUT2D eigenvalue weighted by Gasteiger charge is 2.60. The van der Waals surface area contributed by atoms with Crippen molar-refractivity contribution in [2.75, 3.05) is 31.3 Å². The van der Waals surface area contributed by atoms with Crippen molar-refractivity contribution in [3.05, 3.63) is 24.3 Å². The van der Waals surface area contributed by atoms with E-state index in [2.05, 4.69) is 31.1 Å². The van der Waals surface area contributed by atoms with Gasteiger partial charge in [0.1, 0.15) is 0 Å². The average Bonchev–Trinajstić information content (AvgIpc) is 3.00. The van der Waals surface area contributed by atoms with Crippen molar-refractivity contribution in [1.29, 1.82) is 0 Å². The monoisotopic (exact) mass is 394 g/mol. The number of fused-ring (bicyclic) bond motifs is 1. The summed E-state index contributed by atoms with van der Waals surface area (Å²) in [6.07, 6.45) is 2.04. The minimum atomic E-state index is -3.33. The number of carbonyl (C=O) groups is 1. The smallest absolute Gasteiger partial charge is 0.221 e. The van der Waals surface area contributed by atoms with Crippen LogP contribution < -0.4 is 5.32 Å². The highest BCUT2D eigenvalue weighted by molar-refractivity contribution is 7.91. The van der Waals surface area contributed by atoms with Crippen LogP contribution in [0.15, 0.2) is 29.2 Å². The fourth-order valence-corrected chi connectivity index (χ4v) is 6.20. The molecule has 3 rings (SSSR count). The van der Waals surface area contributed by atoms with E-state index in [9.17, 15) is 13.2 Å². The molecule has 0 bridgehead atoms. The van der Waals surface area contributed by atoms with E-state index in [0.29, 0.717) is 35.1 Å². The topological polar surface area (TPSA) is 75.7 Å². The van der Waals surface area contributed by atoms with Crippen molar-refractivity contribution >= 4 is 21.4 Å².